The standard InChI is InChI=1S/C33H40Cl2FN7O2/c1-6-19(12-13-37)43-25(24-11-8-14-42(24)32(44)45-5)15-21-30(43)22-16-38-28(20-9-7-10-23(34)26(20)35)27(36)29(22)39-31(21)41-17-33(2,18-41)40(3)4/h7,9-10,15-16,19,24H,6,8,11-14,17-18,37H2,1-5H3. The third kappa shape index (κ3) is 5.19. The molecule has 2 fully saturated rings. The molecule has 0 bridgehead atoms. The van der Waals surface area contributed by atoms with Crippen LogP contribution in [0.4, 0.5) is 15.0 Å². The molecular weight excluding hydrogens is 616 g/mol. The number of benzene rings is 1. The number of nitrogens with zero attached hydrogens (tertiary/aromatic N) is 6. The molecule has 3 aromatic heterocycles. The zero-order chi connectivity index (χ0) is 32.2. The molecule has 2 saturated heterocycles. The number of pyridine rings is 2. The lowest BCUT2D eigenvalue weighted by atomic mass is 9.90. The van der Waals surface area contributed by atoms with E-state index in [0.717, 1.165) is 48.9 Å². The number of anilines is 1. The van der Waals surface area contributed by atoms with Gasteiger partial charge in [-0.3, -0.25) is 9.88 Å². The average molecular weight is 657 g/mol. The molecule has 2 unspecified atom stereocenters. The molecule has 0 saturated carbocycles. The first-order valence-electron chi connectivity index (χ1n) is 15.5. The number of amides is 1. The van der Waals surface area contributed by atoms with Crippen molar-refractivity contribution in [1.29, 1.82) is 0 Å². The summed E-state index contributed by atoms with van der Waals surface area (Å²) >= 11 is 12.8. The molecule has 45 heavy (non-hydrogen) atoms. The van der Waals surface area contributed by atoms with Crippen LogP contribution >= 0.6 is 23.2 Å². The fourth-order valence-corrected chi connectivity index (χ4v) is 7.40. The van der Waals surface area contributed by atoms with E-state index in [2.05, 4.69) is 53.4 Å². The lowest BCUT2D eigenvalue weighted by Crippen LogP contribution is -2.67. The molecule has 2 atom stereocenters. The van der Waals surface area contributed by atoms with Crippen molar-refractivity contribution in [1.82, 2.24) is 24.3 Å². The van der Waals surface area contributed by atoms with Gasteiger partial charge in [-0.2, -0.15) is 0 Å². The molecule has 5 heterocycles. The molecule has 9 nitrogen and oxygen atoms in total. The fraction of sp³-hybridized carbons (Fsp3) is 0.485. The second-order valence-corrected chi connectivity index (χ2v) is 13.4. The van der Waals surface area contributed by atoms with Gasteiger partial charge in [-0.05, 0) is 65.4 Å². The zero-order valence-corrected chi connectivity index (χ0v) is 27.9. The van der Waals surface area contributed by atoms with E-state index in [-0.39, 0.29) is 39.9 Å². The second kappa shape index (κ2) is 12.2. The van der Waals surface area contributed by atoms with Crippen LogP contribution in [0.25, 0.3) is 33.1 Å². The highest BCUT2D eigenvalue weighted by Gasteiger charge is 2.43. The summed E-state index contributed by atoms with van der Waals surface area (Å²) in [5.74, 6) is 0.143. The maximum absolute atomic E-state index is 16.8. The number of fused-ring (bicyclic) bond motifs is 3. The van der Waals surface area contributed by atoms with Crippen LogP contribution in [0.15, 0.2) is 30.5 Å². The van der Waals surface area contributed by atoms with Gasteiger partial charge in [0.15, 0.2) is 5.82 Å². The van der Waals surface area contributed by atoms with Gasteiger partial charge in [0, 0.05) is 53.9 Å². The molecule has 240 valence electrons. The van der Waals surface area contributed by atoms with Gasteiger partial charge in [0.1, 0.15) is 17.0 Å². The molecule has 1 aromatic carbocycles. The minimum absolute atomic E-state index is 0.00888. The number of nitrogens with two attached hydrogens (primary N) is 1. The third-order valence-corrected chi connectivity index (χ3v) is 10.6. The molecule has 0 aliphatic carbocycles. The van der Waals surface area contributed by atoms with Crippen LogP contribution in [0, 0.1) is 5.82 Å². The Morgan fingerprint density at radius 3 is 2.69 bits per heavy atom. The van der Waals surface area contributed by atoms with E-state index in [1.807, 2.05) is 0 Å². The van der Waals surface area contributed by atoms with Crippen molar-refractivity contribution in [2.75, 3.05) is 52.3 Å². The Morgan fingerprint density at radius 2 is 2.02 bits per heavy atom. The lowest BCUT2D eigenvalue weighted by molar-refractivity contribution is 0.117. The third-order valence-electron chi connectivity index (χ3n) is 9.76. The maximum atomic E-state index is 16.8. The molecule has 0 spiro atoms. The Kier molecular flexibility index (Phi) is 8.62. The largest absolute Gasteiger partial charge is 0.453 e. The van der Waals surface area contributed by atoms with Gasteiger partial charge in [-0.25, -0.2) is 14.2 Å². The number of hydrogen-bond acceptors (Lipinski definition) is 7. The fourth-order valence-electron chi connectivity index (χ4n) is 7.01. The molecule has 6 rings (SSSR count). The van der Waals surface area contributed by atoms with Crippen LogP contribution in [0.2, 0.25) is 10.0 Å². The Hall–Kier alpha value is -3.18. The van der Waals surface area contributed by atoms with Crippen molar-refractivity contribution < 1.29 is 13.9 Å². The first kappa shape index (κ1) is 31.8. The van der Waals surface area contributed by atoms with Crippen molar-refractivity contribution in [2.24, 2.45) is 5.73 Å². The molecule has 12 heteroatoms. The van der Waals surface area contributed by atoms with Gasteiger partial charge in [0.05, 0.1) is 34.3 Å². The smallest absolute Gasteiger partial charge is 0.410 e. The zero-order valence-electron chi connectivity index (χ0n) is 26.4. The Balaban J connectivity index is 1.67. The number of ether oxygens (including phenoxy) is 1. The first-order chi connectivity index (χ1) is 21.5. The number of methoxy groups -OCH3 is 1. The van der Waals surface area contributed by atoms with Crippen LogP contribution < -0.4 is 10.6 Å². The highest BCUT2D eigenvalue weighted by Crippen LogP contribution is 2.46. The highest BCUT2D eigenvalue weighted by atomic mass is 35.5. The highest BCUT2D eigenvalue weighted by molar-refractivity contribution is 6.43. The average Bonchev–Trinajstić information content (AvgIpc) is 3.65. The number of likely N-dealkylation sites (N-methyl/N-ethyl adjacent to an activating group) is 1. The van der Waals surface area contributed by atoms with E-state index in [1.165, 1.54) is 7.11 Å². The van der Waals surface area contributed by atoms with Crippen molar-refractivity contribution in [3.8, 4) is 11.3 Å². The normalized spacial score (nSPS) is 18.7. The number of likely N-dealkylation sites (tertiary alicyclic amines) is 1. The molecule has 2 aliphatic rings. The summed E-state index contributed by atoms with van der Waals surface area (Å²) in [6.45, 7) is 6.88. The van der Waals surface area contributed by atoms with E-state index in [0.29, 0.717) is 41.3 Å². The van der Waals surface area contributed by atoms with Crippen LogP contribution in [0.5, 0.6) is 0 Å². The van der Waals surface area contributed by atoms with Crippen molar-refractivity contribution in [2.45, 2.75) is 57.2 Å². The van der Waals surface area contributed by atoms with Crippen LogP contribution in [0.3, 0.4) is 0 Å². The van der Waals surface area contributed by atoms with E-state index < -0.39 is 5.82 Å². The number of carbonyl (C=O) groups excluding carboxylic acids is 1. The number of rotatable bonds is 8. The van der Waals surface area contributed by atoms with Gasteiger partial charge >= 0.3 is 6.09 Å². The van der Waals surface area contributed by atoms with Gasteiger partial charge in [-0.15, -0.1) is 0 Å². The second-order valence-electron chi connectivity index (χ2n) is 12.6. The van der Waals surface area contributed by atoms with Crippen molar-refractivity contribution >= 4 is 56.9 Å². The molecule has 2 aliphatic heterocycles. The summed E-state index contributed by atoms with van der Waals surface area (Å²) in [5.41, 5.74) is 8.62. The van der Waals surface area contributed by atoms with E-state index in [9.17, 15) is 4.79 Å². The molecule has 4 aromatic rings. The van der Waals surface area contributed by atoms with Crippen LogP contribution in [-0.2, 0) is 4.74 Å². The SMILES string of the molecule is CCC(CCN)n1c(C2CCCN2C(=O)OC)cc2c(N3CC(C)(N(C)C)C3)nc3c(F)c(-c4cccc(Cl)c4Cl)ncc3c21. The Labute approximate surface area is 273 Å². The predicted molar refractivity (Wildman–Crippen MR) is 179 cm³/mol. The summed E-state index contributed by atoms with van der Waals surface area (Å²) in [7, 11) is 5.56. The summed E-state index contributed by atoms with van der Waals surface area (Å²) in [5, 5.41) is 2.05. The van der Waals surface area contributed by atoms with Gasteiger partial charge in [-0.1, -0.05) is 42.3 Å². The summed E-state index contributed by atoms with van der Waals surface area (Å²) < 4.78 is 24.2. The molecule has 2 N–H and O–H groups in total. The van der Waals surface area contributed by atoms with E-state index in [4.69, 9.17) is 38.7 Å². The minimum Gasteiger partial charge on any atom is -0.453 e. The Morgan fingerprint density at radius 1 is 1.27 bits per heavy atom. The molecule has 1 amide bonds. The van der Waals surface area contributed by atoms with Crippen molar-refractivity contribution in [3.63, 3.8) is 0 Å². The minimum atomic E-state index is -0.561. The lowest BCUT2D eigenvalue weighted by Gasteiger charge is -2.52. The van der Waals surface area contributed by atoms with Crippen LogP contribution in [0.1, 0.15) is 57.3 Å². The maximum Gasteiger partial charge on any atom is 0.410 e. The van der Waals surface area contributed by atoms with E-state index >= 15 is 4.39 Å². The summed E-state index contributed by atoms with van der Waals surface area (Å²) in [4.78, 5) is 28.8. The van der Waals surface area contributed by atoms with Crippen molar-refractivity contribution in [3.05, 3.63) is 52.0 Å². The summed E-state index contributed by atoms with van der Waals surface area (Å²) in [6.07, 6.45) is 4.49. The topological polar surface area (TPSA) is 92.8 Å². The molecular formula is C33H40Cl2FN7O2. The predicted octanol–water partition coefficient (Wildman–Crippen LogP) is 7.04. The first-order valence-corrected chi connectivity index (χ1v) is 16.2. The van der Waals surface area contributed by atoms with Gasteiger partial charge in [0.25, 0.3) is 0 Å². The quantitative estimate of drug-likeness (QED) is 0.218. The van der Waals surface area contributed by atoms with Gasteiger partial charge < -0.3 is 24.8 Å². The molecule has 0 radical (unpaired) electrons. The Bertz CT molecular complexity index is 1770. The number of carbonyl (C=O) groups is 1. The van der Waals surface area contributed by atoms with Gasteiger partial charge in [0.2, 0.25) is 0 Å². The number of aromatic nitrogens is 3. The van der Waals surface area contributed by atoms with Crippen LogP contribution in [-0.4, -0.2) is 83.4 Å². The number of halogens is 3. The monoisotopic (exact) mass is 655 g/mol. The number of hydrogen-bond donors (Lipinski definition) is 1. The van der Waals surface area contributed by atoms with E-state index in [1.54, 1.807) is 29.3 Å². The summed E-state index contributed by atoms with van der Waals surface area (Å²) in [6, 6.07) is 7.05.